The van der Waals surface area contributed by atoms with Gasteiger partial charge in [-0.25, -0.2) is 9.78 Å². The van der Waals surface area contributed by atoms with E-state index < -0.39 is 0 Å². The molecule has 2 heterocycles. The van der Waals surface area contributed by atoms with Crippen LogP contribution in [0.5, 0.6) is 0 Å². The molecule has 0 bridgehead atoms. The Bertz CT molecular complexity index is 570. The molecule has 0 amide bonds. The van der Waals surface area contributed by atoms with Crippen molar-refractivity contribution in [1.82, 2.24) is 9.97 Å². The Morgan fingerprint density at radius 2 is 2.05 bits per heavy atom. The predicted molar refractivity (Wildman–Crippen MR) is 81.2 cm³/mol. The first kappa shape index (κ1) is 15.0. The number of hydrogen-bond acceptors (Lipinski definition) is 5. The molecular weight excluding hydrogens is 266 g/mol. The van der Waals surface area contributed by atoms with Crippen molar-refractivity contribution in [2.75, 3.05) is 18.1 Å². The Labute approximate surface area is 124 Å². The molecule has 2 aromatic rings. The van der Waals surface area contributed by atoms with Crippen LogP contribution in [-0.2, 0) is 11.3 Å². The third kappa shape index (κ3) is 4.02. The van der Waals surface area contributed by atoms with E-state index in [1.165, 1.54) is 0 Å². The zero-order chi connectivity index (χ0) is 15.1. The fraction of sp³-hybridized carbons (Fsp3) is 0.312. The number of rotatable bonds is 6. The van der Waals surface area contributed by atoms with Gasteiger partial charge in [-0.1, -0.05) is 6.07 Å². The lowest BCUT2D eigenvalue weighted by Crippen LogP contribution is -2.23. The lowest BCUT2D eigenvalue weighted by molar-refractivity contribution is 0.0526. The average molecular weight is 285 g/mol. The Morgan fingerprint density at radius 3 is 2.62 bits per heavy atom. The molecule has 0 aliphatic carbocycles. The quantitative estimate of drug-likeness (QED) is 0.764. The summed E-state index contributed by atoms with van der Waals surface area (Å²) in [5, 5.41) is 0. The minimum atomic E-state index is -0.343. The van der Waals surface area contributed by atoms with Gasteiger partial charge in [-0.3, -0.25) is 4.98 Å². The molecule has 0 aliphatic rings. The molecule has 2 rings (SSSR count). The number of ether oxygens (including phenoxy) is 1. The molecule has 0 radical (unpaired) electrons. The molecule has 0 saturated carbocycles. The molecule has 0 aromatic carbocycles. The number of anilines is 1. The van der Waals surface area contributed by atoms with E-state index in [0.717, 1.165) is 18.1 Å². The molecule has 2 aromatic heterocycles. The Hall–Kier alpha value is -2.43. The second kappa shape index (κ2) is 7.38. The summed E-state index contributed by atoms with van der Waals surface area (Å²) in [6.45, 7) is 5.70. The van der Waals surface area contributed by atoms with Crippen molar-refractivity contribution < 1.29 is 9.53 Å². The largest absolute Gasteiger partial charge is 0.462 e. The van der Waals surface area contributed by atoms with Crippen molar-refractivity contribution in [3.05, 3.63) is 54.0 Å². The maximum absolute atomic E-state index is 11.6. The van der Waals surface area contributed by atoms with Crippen molar-refractivity contribution in [2.24, 2.45) is 0 Å². The van der Waals surface area contributed by atoms with E-state index in [1.807, 2.05) is 24.3 Å². The zero-order valence-electron chi connectivity index (χ0n) is 12.3. The number of hydrogen-bond donors (Lipinski definition) is 0. The van der Waals surface area contributed by atoms with Crippen molar-refractivity contribution >= 4 is 11.8 Å². The lowest BCUT2D eigenvalue weighted by Gasteiger charge is -2.21. The van der Waals surface area contributed by atoms with Crippen LogP contribution in [0, 0.1) is 0 Å². The highest BCUT2D eigenvalue weighted by Gasteiger charge is 2.10. The van der Waals surface area contributed by atoms with Gasteiger partial charge in [0.15, 0.2) is 0 Å². The minimum absolute atomic E-state index is 0.343. The van der Waals surface area contributed by atoms with E-state index in [1.54, 1.807) is 25.4 Å². The summed E-state index contributed by atoms with van der Waals surface area (Å²) in [6.07, 6.45) is 3.33. The molecule has 0 fully saturated rings. The van der Waals surface area contributed by atoms with Crippen LogP contribution in [0.2, 0.25) is 0 Å². The Balaban J connectivity index is 2.10. The predicted octanol–water partition coefficient (Wildman–Crippen LogP) is 2.68. The van der Waals surface area contributed by atoms with E-state index in [0.29, 0.717) is 18.7 Å². The standard InChI is InChI=1S/C16H19N3O2/c1-3-19(12-14-7-5-6-10-17-14)15-9-8-13(11-18-15)16(20)21-4-2/h5-11H,3-4,12H2,1-2H3. The first-order chi connectivity index (χ1) is 10.2. The van der Waals surface area contributed by atoms with E-state index in [4.69, 9.17) is 4.74 Å². The van der Waals surface area contributed by atoms with Gasteiger partial charge in [0.1, 0.15) is 5.82 Å². The zero-order valence-corrected chi connectivity index (χ0v) is 12.3. The SMILES string of the molecule is CCOC(=O)c1ccc(N(CC)Cc2ccccn2)nc1. The van der Waals surface area contributed by atoms with Gasteiger partial charge in [-0.2, -0.15) is 0 Å². The summed E-state index contributed by atoms with van der Waals surface area (Å²) in [4.78, 5) is 22.4. The van der Waals surface area contributed by atoms with Gasteiger partial charge in [0.2, 0.25) is 0 Å². The number of carbonyl (C=O) groups is 1. The summed E-state index contributed by atoms with van der Waals surface area (Å²) in [7, 11) is 0. The molecule has 0 atom stereocenters. The molecule has 0 saturated heterocycles. The Kier molecular flexibility index (Phi) is 5.26. The summed E-state index contributed by atoms with van der Waals surface area (Å²) in [6, 6.07) is 9.41. The topological polar surface area (TPSA) is 55.3 Å². The minimum Gasteiger partial charge on any atom is -0.462 e. The number of nitrogens with zero attached hydrogens (tertiary/aromatic N) is 3. The van der Waals surface area contributed by atoms with Crippen LogP contribution in [-0.4, -0.2) is 29.1 Å². The first-order valence-electron chi connectivity index (χ1n) is 7.02. The summed E-state index contributed by atoms with van der Waals surface area (Å²) >= 11 is 0. The molecular formula is C16H19N3O2. The van der Waals surface area contributed by atoms with Gasteiger partial charge < -0.3 is 9.64 Å². The molecule has 5 nitrogen and oxygen atoms in total. The van der Waals surface area contributed by atoms with E-state index in [-0.39, 0.29) is 5.97 Å². The molecule has 0 aliphatic heterocycles. The highest BCUT2D eigenvalue weighted by atomic mass is 16.5. The number of carbonyl (C=O) groups excluding carboxylic acids is 1. The van der Waals surface area contributed by atoms with Crippen LogP contribution in [0.1, 0.15) is 29.9 Å². The Morgan fingerprint density at radius 1 is 1.19 bits per heavy atom. The lowest BCUT2D eigenvalue weighted by atomic mass is 10.2. The van der Waals surface area contributed by atoms with Gasteiger partial charge in [0, 0.05) is 18.9 Å². The monoisotopic (exact) mass is 285 g/mol. The van der Waals surface area contributed by atoms with Crippen LogP contribution in [0.3, 0.4) is 0 Å². The van der Waals surface area contributed by atoms with Crippen LogP contribution in [0.4, 0.5) is 5.82 Å². The van der Waals surface area contributed by atoms with Crippen molar-refractivity contribution in [2.45, 2.75) is 20.4 Å². The van der Waals surface area contributed by atoms with Crippen LogP contribution >= 0.6 is 0 Å². The van der Waals surface area contributed by atoms with E-state index in [9.17, 15) is 4.79 Å². The molecule has 0 spiro atoms. The third-order valence-electron chi connectivity index (χ3n) is 3.04. The van der Waals surface area contributed by atoms with Gasteiger partial charge in [0.05, 0.1) is 24.4 Å². The van der Waals surface area contributed by atoms with Gasteiger partial charge in [-0.05, 0) is 38.1 Å². The molecule has 0 N–H and O–H groups in total. The highest BCUT2D eigenvalue weighted by molar-refractivity contribution is 5.89. The maximum Gasteiger partial charge on any atom is 0.339 e. The van der Waals surface area contributed by atoms with Gasteiger partial charge in [-0.15, -0.1) is 0 Å². The number of esters is 1. The average Bonchev–Trinajstić information content (AvgIpc) is 2.54. The third-order valence-corrected chi connectivity index (χ3v) is 3.04. The first-order valence-corrected chi connectivity index (χ1v) is 7.02. The normalized spacial score (nSPS) is 10.2. The van der Waals surface area contributed by atoms with Gasteiger partial charge >= 0.3 is 5.97 Å². The van der Waals surface area contributed by atoms with Crippen molar-refractivity contribution in [1.29, 1.82) is 0 Å². The van der Waals surface area contributed by atoms with Crippen molar-refractivity contribution in [3.63, 3.8) is 0 Å². The summed E-state index contributed by atoms with van der Waals surface area (Å²) in [5.74, 6) is 0.473. The van der Waals surface area contributed by atoms with Crippen LogP contribution < -0.4 is 4.90 Å². The highest BCUT2D eigenvalue weighted by Crippen LogP contribution is 2.14. The summed E-state index contributed by atoms with van der Waals surface area (Å²) in [5.41, 5.74) is 1.45. The molecule has 21 heavy (non-hydrogen) atoms. The molecule has 110 valence electrons. The van der Waals surface area contributed by atoms with E-state index in [2.05, 4.69) is 21.8 Å². The van der Waals surface area contributed by atoms with Crippen molar-refractivity contribution in [3.8, 4) is 0 Å². The summed E-state index contributed by atoms with van der Waals surface area (Å²) < 4.78 is 4.95. The van der Waals surface area contributed by atoms with Gasteiger partial charge in [0.25, 0.3) is 0 Å². The second-order valence-electron chi connectivity index (χ2n) is 4.46. The van der Waals surface area contributed by atoms with Crippen LogP contribution in [0.25, 0.3) is 0 Å². The smallest absolute Gasteiger partial charge is 0.339 e. The number of aromatic nitrogens is 2. The second-order valence-corrected chi connectivity index (χ2v) is 4.46. The van der Waals surface area contributed by atoms with E-state index >= 15 is 0 Å². The van der Waals surface area contributed by atoms with Crippen LogP contribution in [0.15, 0.2) is 42.7 Å². The molecule has 0 unspecified atom stereocenters. The molecule has 5 heteroatoms. The fourth-order valence-electron chi connectivity index (χ4n) is 1.95. The number of pyridine rings is 2. The fourth-order valence-corrected chi connectivity index (χ4v) is 1.95. The maximum atomic E-state index is 11.6.